The maximum absolute atomic E-state index is 12.3. The van der Waals surface area contributed by atoms with Gasteiger partial charge in [-0.25, -0.2) is 4.79 Å². The molecule has 0 heterocycles. The Hall–Kier alpha value is -0.573. The second-order valence-electron chi connectivity index (χ2n) is 8.39. The molecule has 1 rings (SSSR count). The molecule has 0 N–H and O–H groups in total. The van der Waals surface area contributed by atoms with Crippen LogP contribution in [-0.2, 0) is 9.22 Å². The van der Waals surface area contributed by atoms with Crippen molar-refractivity contribution in [2.24, 2.45) is 0 Å². The third-order valence-electron chi connectivity index (χ3n) is 4.76. The zero-order valence-electron chi connectivity index (χ0n) is 14.4. The number of carbonyl (C=O) groups is 1. The second kappa shape index (κ2) is 5.67. The molecule has 1 fully saturated rings. The van der Waals surface area contributed by atoms with Gasteiger partial charge in [0, 0.05) is 5.57 Å². The standard InChI is InChI=1S/C17H32O2Si/c1-13(2)15(18)19-20(16(3,4)5,17(6,7)8)14-11-9-10-12-14/h14H,1,9-12H2,2-8H3. The molecule has 0 aromatic rings. The average Bonchev–Trinajstić information content (AvgIpc) is 2.74. The molecule has 20 heavy (non-hydrogen) atoms. The fourth-order valence-corrected chi connectivity index (χ4v) is 11.5. The van der Waals surface area contributed by atoms with Crippen LogP contribution in [0.3, 0.4) is 0 Å². The third kappa shape index (κ3) is 3.03. The zero-order valence-corrected chi connectivity index (χ0v) is 15.4. The van der Waals surface area contributed by atoms with Crippen LogP contribution < -0.4 is 0 Å². The van der Waals surface area contributed by atoms with Gasteiger partial charge in [-0.15, -0.1) is 0 Å². The van der Waals surface area contributed by atoms with Gasteiger partial charge in [-0.05, 0) is 35.4 Å². The molecule has 3 heteroatoms. The molecule has 1 aliphatic carbocycles. The molecular formula is C17H32O2Si. The zero-order chi connectivity index (χ0) is 15.8. The summed E-state index contributed by atoms with van der Waals surface area (Å²) in [4.78, 5) is 12.3. The third-order valence-corrected chi connectivity index (χ3v) is 11.5. The van der Waals surface area contributed by atoms with E-state index < -0.39 is 8.32 Å². The Morgan fingerprint density at radius 2 is 1.45 bits per heavy atom. The first kappa shape index (κ1) is 17.5. The largest absolute Gasteiger partial charge is 0.514 e. The van der Waals surface area contributed by atoms with Crippen molar-refractivity contribution in [1.82, 2.24) is 0 Å². The van der Waals surface area contributed by atoms with Gasteiger partial charge in [0.1, 0.15) is 0 Å². The van der Waals surface area contributed by atoms with Crippen LogP contribution in [0.4, 0.5) is 0 Å². The Morgan fingerprint density at radius 1 is 1.05 bits per heavy atom. The maximum Gasteiger partial charge on any atom is 0.319 e. The van der Waals surface area contributed by atoms with Crippen molar-refractivity contribution in [3.8, 4) is 0 Å². The highest BCUT2D eigenvalue weighted by atomic mass is 28.4. The molecule has 116 valence electrons. The molecular weight excluding hydrogens is 264 g/mol. The van der Waals surface area contributed by atoms with Gasteiger partial charge in [-0.2, -0.15) is 0 Å². The molecule has 0 aromatic carbocycles. The molecule has 0 amide bonds. The number of carbonyl (C=O) groups excluding carboxylic acids is 1. The first-order valence-corrected chi connectivity index (χ1v) is 9.81. The van der Waals surface area contributed by atoms with Crippen LogP contribution in [0.2, 0.25) is 15.6 Å². The molecule has 2 nitrogen and oxygen atoms in total. The fourth-order valence-electron chi connectivity index (χ4n) is 4.30. The minimum atomic E-state index is -2.30. The van der Waals surface area contributed by atoms with E-state index in [2.05, 4.69) is 48.1 Å². The highest BCUT2D eigenvalue weighted by Crippen LogP contribution is 2.61. The molecule has 0 saturated heterocycles. The molecule has 0 spiro atoms. The lowest BCUT2D eigenvalue weighted by molar-refractivity contribution is -0.131. The SMILES string of the molecule is C=C(C)C(=O)O[Si](C1CCCC1)(C(C)(C)C)C(C)(C)C. The lowest BCUT2D eigenvalue weighted by Crippen LogP contribution is -2.58. The van der Waals surface area contributed by atoms with Crippen molar-refractivity contribution >= 4 is 14.3 Å². The van der Waals surface area contributed by atoms with E-state index >= 15 is 0 Å². The van der Waals surface area contributed by atoms with Crippen molar-refractivity contribution in [3.05, 3.63) is 12.2 Å². The van der Waals surface area contributed by atoms with Crippen LogP contribution in [0.1, 0.15) is 74.1 Å². The quantitative estimate of drug-likeness (QED) is 0.501. The average molecular weight is 297 g/mol. The summed E-state index contributed by atoms with van der Waals surface area (Å²) >= 11 is 0. The minimum Gasteiger partial charge on any atom is -0.514 e. The van der Waals surface area contributed by atoms with E-state index in [4.69, 9.17) is 4.43 Å². The summed E-state index contributed by atoms with van der Waals surface area (Å²) in [5, 5.41) is 0.0662. The summed E-state index contributed by atoms with van der Waals surface area (Å²) in [6, 6.07) is 0. The van der Waals surface area contributed by atoms with Crippen LogP contribution in [0.25, 0.3) is 0 Å². The summed E-state index contributed by atoms with van der Waals surface area (Å²) in [6.07, 6.45) is 4.97. The number of hydrogen-bond donors (Lipinski definition) is 0. The summed E-state index contributed by atoms with van der Waals surface area (Å²) in [5.74, 6) is -0.187. The molecule has 0 bridgehead atoms. The van der Waals surface area contributed by atoms with Crippen LogP contribution in [0.15, 0.2) is 12.2 Å². The van der Waals surface area contributed by atoms with Crippen LogP contribution in [0.5, 0.6) is 0 Å². The molecule has 0 aliphatic heterocycles. The van der Waals surface area contributed by atoms with Crippen LogP contribution in [-0.4, -0.2) is 14.3 Å². The Kier molecular flexibility index (Phi) is 4.95. The predicted octanol–water partition coefficient (Wildman–Crippen LogP) is 5.60. The van der Waals surface area contributed by atoms with Gasteiger partial charge in [-0.1, -0.05) is 61.0 Å². The van der Waals surface area contributed by atoms with Gasteiger partial charge in [0.05, 0.1) is 0 Å². The monoisotopic (exact) mass is 296 g/mol. The fraction of sp³-hybridized carbons (Fsp3) is 0.824. The van der Waals surface area contributed by atoms with E-state index in [9.17, 15) is 4.79 Å². The van der Waals surface area contributed by atoms with Gasteiger partial charge in [-0.3, -0.25) is 0 Å². The molecule has 0 atom stereocenters. The lowest BCUT2D eigenvalue weighted by Gasteiger charge is -2.53. The van der Waals surface area contributed by atoms with Crippen molar-refractivity contribution < 1.29 is 9.22 Å². The Balaban J connectivity index is 3.34. The van der Waals surface area contributed by atoms with E-state index in [0.717, 1.165) is 0 Å². The van der Waals surface area contributed by atoms with Gasteiger partial charge >= 0.3 is 5.97 Å². The number of rotatable bonds is 3. The van der Waals surface area contributed by atoms with Gasteiger partial charge in [0.2, 0.25) is 0 Å². The van der Waals surface area contributed by atoms with Crippen molar-refractivity contribution in [2.75, 3.05) is 0 Å². The second-order valence-corrected chi connectivity index (χ2v) is 13.9. The molecule has 1 aliphatic rings. The molecule has 0 aromatic heterocycles. The Morgan fingerprint density at radius 3 is 1.75 bits per heavy atom. The summed E-state index contributed by atoms with van der Waals surface area (Å²) in [7, 11) is -2.30. The summed E-state index contributed by atoms with van der Waals surface area (Å²) in [6.45, 7) is 19.1. The van der Waals surface area contributed by atoms with Crippen molar-refractivity contribution in [1.29, 1.82) is 0 Å². The van der Waals surface area contributed by atoms with Crippen LogP contribution in [0, 0.1) is 0 Å². The van der Waals surface area contributed by atoms with Crippen molar-refractivity contribution in [2.45, 2.75) is 89.8 Å². The first-order chi connectivity index (χ1) is 8.93. The predicted molar refractivity (Wildman–Crippen MR) is 88.3 cm³/mol. The lowest BCUT2D eigenvalue weighted by atomic mass is 10.2. The normalized spacial score (nSPS) is 18.1. The van der Waals surface area contributed by atoms with Gasteiger partial charge in [0.25, 0.3) is 8.32 Å². The topological polar surface area (TPSA) is 26.3 Å². The van der Waals surface area contributed by atoms with Gasteiger partial charge in [0.15, 0.2) is 0 Å². The summed E-state index contributed by atoms with van der Waals surface area (Å²) < 4.78 is 6.31. The first-order valence-electron chi connectivity index (χ1n) is 7.82. The van der Waals surface area contributed by atoms with Gasteiger partial charge < -0.3 is 4.43 Å². The smallest absolute Gasteiger partial charge is 0.319 e. The van der Waals surface area contributed by atoms with Crippen molar-refractivity contribution in [3.63, 3.8) is 0 Å². The molecule has 0 unspecified atom stereocenters. The number of hydrogen-bond acceptors (Lipinski definition) is 2. The van der Waals surface area contributed by atoms with E-state index in [-0.39, 0.29) is 16.0 Å². The van der Waals surface area contributed by atoms with E-state index in [1.54, 1.807) is 6.92 Å². The highest BCUT2D eigenvalue weighted by molar-refractivity contribution is 6.82. The van der Waals surface area contributed by atoms with Crippen LogP contribution >= 0.6 is 0 Å². The molecule has 1 saturated carbocycles. The highest BCUT2D eigenvalue weighted by Gasteiger charge is 2.62. The van der Waals surface area contributed by atoms with E-state index in [1.807, 2.05) is 0 Å². The Labute approximate surface area is 126 Å². The minimum absolute atomic E-state index is 0.0331. The molecule has 0 radical (unpaired) electrons. The van der Waals surface area contributed by atoms with E-state index in [0.29, 0.717) is 11.1 Å². The maximum atomic E-state index is 12.3. The summed E-state index contributed by atoms with van der Waals surface area (Å²) in [5.41, 5.74) is 1.10. The van der Waals surface area contributed by atoms with E-state index in [1.165, 1.54) is 25.7 Å². The Bertz CT molecular complexity index is 365.